The first kappa shape index (κ1) is 12.9. The monoisotopic (exact) mass is 189 g/mol. The van der Waals surface area contributed by atoms with Crippen molar-refractivity contribution < 1.29 is 15.1 Å². The standard InChI is InChI=1S/C8H17N.BH3O3/c1-9(2)8-6-4-3-5-7-8;2-1(3)4/h8H,3-7H2,1-2H3;2-4H. The van der Waals surface area contributed by atoms with Crippen molar-refractivity contribution in [3.8, 4) is 0 Å². The molecule has 0 amide bonds. The zero-order valence-electron chi connectivity index (χ0n) is 8.48. The highest BCUT2D eigenvalue weighted by atomic mass is 16.5. The number of hydrogen-bond acceptors (Lipinski definition) is 4. The van der Waals surface area contributed by atoms with E-state index >= 15 is 0 Å². The maximum absolute atomic E-state index is 7.17. The number of rotatable bonds is 1. The fraction of sp³-hybridized carbons (Fsp3) is 1.00. The lowest BCUT2D eigenvalue weighted by Crippen LogP contribution is -2.29. The van der Waals surface area contributed by atoms with E-state index in [2.05, 4.69) is 19.0 Å². The number of hydrogen-bond donors (Lipinski definition) is 3. The molecular formula is C8H20BNO3. The van der Waals surface area contributed by atoms with Gasteiger partial charge in [-0.2, -0.15) is 0 Å². The van der Waals surface area contributed by atoms with Gasteiger partial charge < -0.3 is 20.0 Å². The van der Waals surface area contributed by atoms with Crippen LogP contribution in [0.4, 0.5) is 0 Å². The van der Waals surface area contributed by atoms with E-state index in [1.807, 2.05) is 0 Å². The smallest absolute Gasteiger partial charge is 0.402 e. The summed E-state index contributed by atoms with van der Waals surface area (Å²) in [5, 5.41) is 21.5. The van der Waals surface area contributed by atoms with Gasteiger partial charge in [-0.3, -0.25) is 0 Å². The molecule has 1 saturated carbocycles. The largest absolute Gasteiger partial charge is 0.631 e. The summed E-state index contributed by atoms with van der Waals surface area (Å²) in [5.74, 6) is 0. The molecular weight excluding hydrogens is 169 g/mol. The van der Waals surface area contributed by atoms with E-state index in [9.17, 15) is 0 Å². The van der Waals surface area contributed by atoms with Crippen molar-refractivity contribution in [2.45, 2.75) is 38.1 Å². The van der Waals surface area contributed by atoms with Crippen LogP contribution in [0.25, 0.3) is 0 Å². The molecule has 0 aromatic heterocycles. The highest BCUT2D eigenvalue weighted by Gasteiger charge is 2.13. The predicted octanol–water partition coefficient (Wildman–Crippen LogP) is -0.171. The average Bonchev–Trinajstić information content (AvgIpc) is 2.05. The Morgan fingerprint density at radius 3 is 1.62 bits per heavy atom. The van der Waals surface area contributed by atoms with Crippen molar-refractivity contribution in [3.05, 3.63) is 0 Å². The van der Waals surface area contributed by atoms with E-state index in [0.29, 0.717) is 0 Å². The van der Waals surface area contributed by atoms with Gasteiger partial charge in [-0.15, -0.1) is 0 Å². The molecule has 0 radical (unpaired) electrons. The highest BCUT2D eigenvalue weighted by molar-refractivity contribution is 6.30. The molecule has 0 saturated heterocycles. The first-order valence-corrected chi connectivity index (χ1v) is 4.74. The SMILES string of the molecule is CN(C)C1CCCCC1.OB(O)O. The molecule has 13 heavy (non-hydrogen) atoms. The summed E-state index contributed by atoms with van der Waals surface area (Å²) in [4.78, 5) is 2.36. The highest BCUT2D eigenvalue weighted by Crippen LogP contribution is 2.20. The Balaban J connectivity index is 0.000000310. The molecule has 0 spiro atoms. The Morgan fingerprint density at radius 2 is 1.38 bits per heavy atom. The Bertz CT molecular complexity index is 113. The van der Waals surface area contributed by atoms with E-state index in [0.717, 1.165) is 6.04 Å². The molecule has 0 bridgehead atoms. The van der Waals surface area contributed by atoms with E-state index in [1.54, 1.807) is 0 Å². The molecule has 0 aromatic carbocycles. The van der Waals surface area contributed by atoms with Gasteiger partial charge in [0.1, 0.15) is 0 Å². The second-order valence-corrected chi connectivity index (χ2v) is 3.60. The molecule has 1 rings (SSSR count). The van der Waals surface area contributed by atoms with Gasteiger partial charge in [-0.05, 0) is 26.9 Å². The third-order valence-electron chi connectivity index (χ3n) is 2.30. The van der Waals surface area contributed by atoms with Crippen molar-refractivity contribution >= 4 is 7.32 Å². The van der Waals surface area contributed by atoms with Gasteiger partial charge in [0.05, 0.1) is 0 Å². The molecule has 1 aliphatic carbocycles. The molecule has 0 aliphatic heterocycles. The first-order valence-electron chi connectivity index (χ1n) is 4.74. The van der Waals surface area contributed by atoms with Crippen LogP contribution in [0.3, 0.4) is 0 Å². The molecule has 0 heterocycles. The van der Waals surface area contributed by atoms with Gasteiger partial charge in [-0.25, -0.2) is 0 Å². The average molecular weight is 189 g/mol. The lowest BCUT2D eigenvalue weighted by atomic mass is 9.95. The number of nitrogens with zero attached hydrogens (tertiary/aromatic N) is 1. The lowest BCUT2D eigenvalue weighted by molar-refractivity contribution is 0.229. The van der Waals surface area contributed by atoms with E-state index in [4.69, 9.17) is 15.1 Å². The zero-order valence-corrected chi connectivity index (χ0v) is 8.48. The minimum Gasteiger partial charge on any atom is -0.402 e. The summed E-state index contributed by atoms with van der Waals surface area (Å²) in [6, 6.07) is 0.888. The maximum Gasteiger partial charge on any atom is 0.631 e. The molecule has 0 aromatic rings. The van der Waals surface area contributed by atoms with Crippen LogP contribution in [-0.2, 0) is 0 Å². The Labute approximate surface area is 80.4 Å². The van der Waals surface area contributed by atoms with Gasteiger partial charge >= 0.3 is 7.32 Å². The van der Waals surface area contributed by atoms with Crippen LogP contribution < -0.4 is 0 Å². The fourth-order valence-corrected chi connectivity index (χ4v) is 1.60. The summed E-state index contributed by atoms with van der Waals surface area (Å²) < 4.78 is 0. The van der Waals surface area contributed by atoms with Crippen molar-refractivity contribution in [2.24, 2.45) is 0 Å². The quantitative estimate of drug-likeness (QED) is 0.501. The van der Waals surface area contributed by atoms with Gasteiger partial charge in [0.2, 0.25) is 0 Å². The summed E-state index contributed by atoms with van der Waals surface area (Å²) >= 11 is 0. The topological polar surface area (TPSA) is 63.9 Å². The normalized spacial score (nSPS) is 18.0. The Morgan fingerprint density at radius 1 is 1.00 bits per heavy atom. The van der Waals surface area contributed by atoms with Crippen molar-refractivity contribution in [3.63, 3.8) is 0 Å². The van der Waals surface area contributed by atoms with Crippen molar-refractivity contribution in [1.82, 2.24) is 4.90 Å². The molecule has 4 nitrogen and oxygen atoms in total. The van der Waals surface area contributed by atoms with Crippen LogP contribution in [0.1, 0.15) is 32.1 Å². The first-order chi connectivity index (χ1) is 6.04. The van der Waals surface area contributed by atoms with Crippen LogP contribution in [0, 0.1) is 0 Å². The summed E-state index contributed by atoms with van der Waals surface area (Å²) in [5.41, 5.74) is 0. The predicted molar refractivity (Wildman–Crippen MR) is 53.0 cm³/mol. The van der Waals surface area contributed by atoms with Crippen LogP contribution in [0.2, 0.25) is 0 Å². The van der Waals surface area contributed by atoms with Gasteiger partial charge in [0.25, 0.3) is 0 Å². The van der Waals surface area contributed by atoms with Gasteiger partial charge in [0, 0.05) is 6.04 Å². The minimum atomic E-state index is -2.17. The molecule has 1 fully saturated rings. The summed E-state index contributed by atoms with van der Waals surface area (Å²) in [6.45, 7) is 0. The Hall–Kier alpha value is -0.0951. The molecule has 1 aliphatic rings. The zero-order chi connectivity index (χ0) is 10.3. The molecule has 78 valence electrons. The van der Waals surface area contributed by atoms with Gasteiger partial charge in [-0.1, -0.05) is 19.3 Å². The van der Waals surface area contributed by atoms with E-state index in [-0.39, 0.29) is 0 Å². The van der Waals surface area contributed by atoms with Gasteiger partial charge in [0.15, 0.2) is 0 Å². The van der Waals surface area contributed by atoms with Crippen LogP contribution in [0.15, 0.2) is 0 Å². The molecule has 0 unspecified atom stereocenters. The molecule has 0 atom stereocenters. The Kier molecular flexibility index (Phi) is 7.27. The summed E-state index contributed by atoms with van der Waals surface area (Å²) in [6.07, 6.45) is 7.20. The second-order valence-electron chi connectivity index (χ2n) is 3.60. The molecule has 3 N–H and O–H groups in total. The minimum absolute atomic E-state index is 0.888. The second kappa shape index (κ2) is 7.32. The fourth-order valence-electron chi connectivity index (χ4n) is 1.60. The lowest BCUT2D eigenvalue weighted by Gasteiger charge is -2.27. The van der Waals surface area contributed by atoms with E-state index in [1.165, 1.54) is 32.1 Å². The van der Waals surface area contributed by atoms with Crippen LogP contribution in [-0.4, -0.2) is 47.4 Å². The third kappa shape index (κ3) is 8.24. The summed E-state index contributed by atoms with van der Waals surface area (Å²) in [7, 11) is 2.21. The van der Waals surface area contributed by atoms with Crippen LogP contribution in [0.5, 0.6) is 0 Å². The third-order valence-corrected chi connectivity index (χ3v) is 2.30. The van der Waals surface area contributed by atoms with E-state index < -0.39 is 7.32 Å². The maximum atomic E-state index is 7.17. The van der Waals surface area contributed by atoms with Crippen LogP contribution >= 0.6 is 0 Å². The van der Waals surface area contributed by atoms with Crippen molar-refractivity contribution in [2.75, 3.05) is 14.1 Å². The molecule has 5 heteroatoms. The van der Waals surface area contributed by atoms with Crippen molar-refractivity contribution in [1.29, 1.82) is 0 Å².